The van der Waals surface area contributed by atoms with E-state index >= 15 is 0 Å². The summed E-state index contributed by atoms with van der Waals surface area (Å²) < 4.78 is 40.0. The zero-order valence-corrected chi connectivity index (χ0v) is 10.5. The molecule has 2 aromatic rings. The minimum absolute atomic E-state index is 0.0908. The summed E-state index contributed by atoms with van der Waals surface area (Å²) in [5.74, 6) is -3.07. The molecule has 0 heterocycles. The maximum Gasteiger partial charge on any atom is 0.257 e. The molecule has 1 N–H and O–H groups in total. The molecule has 0 bridgehead atoms. The molecule has 0 aliphatic rings. The normalized spacial score (nSPS) is 10.3. The van der Waals surface area contributed by atoms with E-state index in [0.29, 0.717) is 5.56 Å². The Morgan fingerprint density at radius 3 is 2.15 bits per heavy atom. The molecule has 20 heavy (non-hydrogen) atoms. The predicted molar refractivity (Wildman–Crippen MR) is 68.8 cm³/mol. The average Bonchev–Trinajstić information content (AvgIpc) is 2.41. The molecule has 1 amide bonds. The van der Waals surface area contributed by atoms with Crippen molar-refractivity contribution in [2.75, 3.05) is 6.54 Å². The van der Waals surface area contributed by atoms with E-state index < -0.39 is 23.1 Å². The average molecular weight is 279 g/mol. The molecule has 2 nitrogen and oxygen atoms in total. The summed E-state index contributed by atoms with van der Waals surface area (Å²) in [6.45, 7) is 0.0908. The largest absolute Gasteiger partial charge is 0.352 e. The molecular weight excluding hydrogens is 267 g/mol. The van der Waals surface area contributed by atoms with E-state index in [9.17, 15) is 18.0 Å². The Bertz CT molecular complexity index is 608. The number of amides is 1. The molecule has 0 saturated carbocycles. The Morgan fingerprint density at radius 2 is 1.50 bits per heavy atom. The van der Waals surface area contributed by atoms with Gasteiger partial charge in [0.15, 0.2) is 0 Å². The molecule has 104 valence electrons. The van der Waals surface area contributed by atoms with Crippen LogP contribution in [0, 0.1) is 17.5 Å². The first-order valence-electron chi connectivity index (χ1n) is 6.05. The first-order chi connectivity index (χ1) is 9.59. The van der Waals surface area contributed by atoms with Crippen LogP contribution in [0.2, 0.25) is 0 Å². The van der Waals surface area contributed by atoms with Crippen LogP contribution in [0.1, 0.15) is 15.9 Å². The summed E-state index contributed by atoms with van der Waals surface area (Å²) in [6, 6.07) is 9.34. The van der Waals surface area contributed by atoms with E-state index in [2.05, 4.69) is 5.32 Å². The van der Waals surface area contributed by atoms with Crippen molar-refractivity contribution in [2.24, 2.45) is 0 Å². The number of hydrogen-bond donors (Lipinski definition) is 1. The standard InChI is InChI=1S/C15H12F3NO/c16-11-5-2-1-4-10(11)8-9-19-15(20)14-12(17)6-3-7-13(14)18/h1-7H,8-9H2,(H,19,20). The maximum absolute atomic E-state index is 13.4. The van der Waals surface area contributed by atoms with Gasteiger partial charge in [-0.25, -0.2) is 13.2 Å². The van der Waals surface area contributed by atoms with Gasteiger partial charge in [-0.15, -0.1) is 0 Å². The quantitative estimate of drug-likeness (QED) is 0.915. The molecule has 5 heteroatoms. The van der Waals surface area contributed by atoms with Gasteiger partial charge in [-0.1, -0.05) is 24.3 Å². The smallest absolute Gasteiger partial charge is 0.257 e. The van der Waals surface area contributed by atoms with Crippen LogP contribution in [0.5, 0.6) is 0 Å². The highest BCUT2D eigenvalue weighted by atomic mass is 19.1. The zero-order valence-electron chi connectivity index (χ0n) is 10.5. The molecule has 0 saturated heterocycles. The molecule has 0 aliphatic heterocycles. The van der Waals surface area contributed by atoms with Gasteiger partial charge in [0, 0.05) is 6.54 Å². The van der Waals surface area contributed by atoms with Gasteiger partial charge in [0.05, 0.1) is 0 Å². The highest BCUT2D eigenvalue weighted by Gasteiger charge is 2.16. The Hall–Kier alpha value is -2.30. The third kappa shape index (κ3) is 3.17. The van der Waals surface area contributed by atoms with Crippen molar-refractivity contribution in [2.45, 2.75) is 6.42 Å². The third-order valence-corrected chi connectivity index (χ3v) is 2.83. The molecule has 2 aromatic carbocycles. The lowest BCUT2D eigenvalue weighted by Gasteiger charge is -2.07. The van der Waals surface area contributed by atoms with Crippen molar-refractivity contribution >= 4 is 5.91 Å². The molecule has 0 fully saturated rings. The fraction of sp³-hybridized carbons (Fsp3) is 0.133. The highest BCUT2D eigenvalue weighted by Crippen LogP contribution is 2.12. The number of benzene rings is 2. The summed E-state index contributed by atoms with van der Waals surface area (Å²) in [5, 5.41) is 2.37. The Morgan fingerprint density at radius 1 is 0.900 bits per heavy atom. The second kappa shape index (κ2) is 6.23. The number of rotatable bonds is 4. The van der Waals surface area contributed by atoms with Crippen molar-refractivity contribution in [1.82, 2.24) is 5.32 Å². The number of nitrogens with one attached hydrogen (secondary N) is 1. The van der Waals surface area contributed by atoms with Crippen LogP contribution in [0.4, 0.5) is 13.2 Å². The van der Waals surface area contributed by atoms with Crippen molar-refractivity contribution in [3.05, 3.63) is 71.0 Å². The highest BCUT2D eigenvalue weighted by molar-refractivity contribution is 5.94. The number of carbonyl (C=O) groups is 1. The summed E-state index contributed by atoms with van der Waals surface area (Å²) in [4.78, 5) is 11.7. The fourth-order valence-corrected chi connectivity index (χ4v) is 1.81. The molecule has 0 unspecified atom stereocenters. The number of hydrogen-bond acceptors (Lipinski definition) is 1. The summed E-state index contributed by atoms with van der Waals surface area (Å²) >= 11 is 0. The Balaban J connectivity index is 1.98. The van der Waals surface area contributed by atoms with Crippen molar-refractivity contribution in [1.29, 1.82) is 0 Å². The topological polar surface area (TPSA) is 29.1 Å². The van der Waals surface area contributed by atoms with Crippen LogP contribution in [-0.2, 0) is 6.42 Å². The van der Waals surface area contributed by atoms with Gasteiger partial charge in [-0.2, -0.15) is 0 Å². The monoisotopic (exact) mass is 279 g/mol. The molecule has 0 spiro atoms. The van der Waals surface area contributed by atoms with Crippen LogP contribution in [0.3, 0.4) is 0 Å². The van der Waals surface area contributed by atoms with E-state index in [4.69, 9.17) is 0 Å². The van der Waals surface area contributed by atoms with E-state index in [1.165, 1.54) is 12.1 Å². The summed E-state index contributed by atoms with van der Waals surface area (Å²) in [6.07, 6.45) is 0.245. The fourth-order valence-electron chi connectivity index (χ4n) is 1.81. The van der Waals surface area contributed by atoms with E-state index in [0.717, 1.165) is 12.1 Å². The van der Waals surface area contributed by atoms with Crippen molar-refractivity contribution in [3.63, 3.8) is 0 Å². The molecule has 0 atom stereocenters. The van der Waals surface area contributed by atoms with Gasteiger partial charge in [-0.3, -0.25) is 4.79 Å². The van der Waals surface area contributed by atoms with E-state index in [-0.39, 0.29) is 18.8 Å². The predicted octanol–water partition coefficient (Wildman–Crippen LogP) is 3.08. The lowest BCUT2D eigenvalue weighted by atomic mass is 10.1. The molecule has 2 rings (SSSR count). The minimum atomic E-state index is -0.923. The van der Waals surface area contributed by atoms with Crippen LogP contribution in [0.25, 0.3) is 0 Å². The second-order valence-corrected chi connectivity index (χ2v) is 4.19. The molecule has 0 radical (unpaired) electrons. The zero-order chi connectivity index (χ0) is 14.5. The molecular formula is C15H12F3NO. The van der Waals surface area contributed by atoms with Gasteiger partial charge in [0.2, 0.25) is 0 Å². The van der Waals surface area contributed by atoms with E-state index in [1.807, 2.05) is 0 Å². The maximum atomic E-state index is 13.4. The number of halogens is 3. The summed E-state index contributed by atoms with van der Waals surface area (Å²) in [5.41, 5.74) is -0.192. The van der Waals surface area contributed by atoms with Crippen LogP contribution in [-0.4, -0.2) is 12.5 Å². The second-order valence-electron chi connectivity index (χ2n) is 4.19. The van der Waals surface area contributed by atoms with Gasteiger partial charge >= 0.3 is 0 Å². The lowest BCUT2D eigenvalue weighted by Crippen LogP contribution is -2.27. The van der Waals surface area contributed by atoms with Crippen molar-refractivity contribution in [3.8, 4) is 0 Å². The Kier molecular flexibility index (Phi) is 4.40. The van der Waals surface area contributed by atoms with Crippen LogP contribution >= 0.6 is 0 Å². The van der Waals surface area contributed by atoms with Gasteiger partial charge in [-0.05, 0) is 30.2 Å². The lowest BCUT2D eigenvalue weighted by molar-refractivity contribution is 0.0945. The van der Waals surface area contributed by atoms with E-state index in [1.54, 1.807) is 18.2 Å². The van der Waals surface area contributed by atoms with Gasteiger partial charge in [0.25, 0.3) is 5.91 Å². The van der Waals surface area contributed by atoms with Crippen LogP contribution < -0.4 is 5.32 Å². The van der Waals surface area contributed by atoms with Gasteiger partial charge < -0.3 is 5.32 Å². The first-order valence-corrected chi connectivity index (χ1v) is 6.05. The van der Waals surface area contributed by atoms with Crippen LogP contribution in [0.15, 0.2) is 42.5 Å². The SMILES string of the molecule is O=C(NCCc1ccccc1F)c1c(F)cccc1F. The molecule has 0 aromatic heterocycles. The first kappa shape index (κ1) is 14.1. The summed E-state index contributed by atoms with van der Waals surface area (Å²) in [7, 11) is 0. The molecule has 0 aliphatic carbocycles. The Labute approximate surface area is 114 Å². The number of carbonyl (C=O) groups excluding carboxylic acids is 1. The van der Waals surface area contributed by atoms with Gasteiger partial charge in [0.1, 0.15) is 23.0 Å². The minimum Gasteiger partial charge on any atom is -0.352 e. The third-order valence-electron chi connectivity index (χ3n) is 2.83. The van der Waals surface area contributed by atoms with Crippen molar-refractivity contribution < 1.29 is 18.0 Å².